The third-order valence-corrected chi connectivity index (χ3v) is 5.53. The Morgan fingerprint density at radius 1 is 1.15 bits per heavy atom. The van der Waals surface area contributed by atoms with Gasteiger partial charge in [-0.3, -0.25) is 4.79 Å². The van der Waals surface area contributed by atoms with Crippen molar-refractivity contribution in [3.05, 3.63) is 52.7 Å². The van der Waals surface area contributed by atoms with E-state index < -0.39 is 0 Å². The second-order valence-corrected chi connectivity index (χ2v) is 7.45. The van der Waals surface area contributed by atoms with Crippen LogP contribution >= 0.6 is 11.3 Å². The summed E-state index contributed by atoms with van der Waals surface area (Å²) in [7, 11) is 0. The van der Waals surface area contributed by atoms with E-state index in [9.17, 15) is 4.79 Å². The second kappa shape index (κ2) is 7.78. The fourth-order valence-corrected chi connectivity index (χ4v) is 4.01. The minimum Gasteiger partial charge on any atom is -0.341 e. The maximum Gasteiger partial charge on any atom is 0.246 e. The molecule has 0 unspecified atom stereocenters. The molecule has 1 amide bonds. The van der Waals surface area contributed by atoms with Crippen LogP contribution in [0, 0.1) is 5.92 Å². The lowest BCUT2D eigenvalue weighted by molar-refractivity contribution is -0.133. The molecule has 3 aromatic rings. The van der Waals surface area contributed by atoms with Crippen LogP contribution < -0.4 is 0 Å². The summed E-state index contributed by atoms with van der Waals surface area (Å²) < 4.78 is 0. The van der Waals surface area contributed by atoms with Crippen LogP contribution in [0.2, 0.25) is 0 Å². The molecule has 0 atom stereocenters. The number of hydrogen-bond donors (Lipinski definition) is 0. The number of carbonyl (C=O) groups is 1. The number of thiophene rings is 1. The van der Waals surface area contributed by atoms with Gasteiger partial charge in [0.15, 0.2) is 0 Å². The first-order valence-electron chi connectivity index (χ1n) is 8.90. The normalized spacial score (nSPS) is 15.3. The number of hydrogen-bond acceptors (Lipinski definition) is 5. The molecule has 134 valence electrons. The number of rotatable bonds is 5. The molecule has 7 heteroatoms. The lowest BCUT2D eigenvalue weighted by Crippen LogP contribution is -2.40. The summed E-state index contributed by atoms with van der Waals surface area (Å²) >= 11 is 1.59. The molecule has 1 fully saturated rings. The van der Waals surface area contributed by atoms with Crippen molar-refractivity contribution in [1.82, 2.24) is 25.1 Å². The molecule has 1 aliphatic rings. The number of benzene rings is 1. The molecule has 2 aromatic heterocycles. The molecule has 0 aliphatic carbocycles. The van der Waals surface area contributed by atoms with Crippen molar-refractivity contribution in [2.24, 2.45) is 5.92 Å². The molecule has 0 N–H and O–H groups in total. The summed E-state index contributed by atoms with van der Waals surface area (Å²) in [5.74, 6) is 1.29. The fourth-order valence-electron chi connectivity index (χ4n) is 3.37. The Morgan fingerprint density at radius 3 is 2.69 bits per heavy atom. The van der Waals surface area contributed by atoms with Crippen molar-refractivity contribution in [1.29, 1.82) is 0 Å². The SMILES string of the molecule is O=C(Cn1nnc(-c2ccsc2)n1)N1CCC(Cc2ccccc2)CC1. The predicted molar refractivity (Wildman–Crippen MR) is 101 cm³/mol. The van der Waals surface area contributed by atoms with E-state index in [-0.39, 0.29) is 12.5 Å². The van der Waals surface area contributed by atoms with E-state index in [4.69, 9.17) is 0 Å². The Bertz CT molecular complexity index is 838. The molecular weight excluding hydrogens is 346 g/mol. The maximum absolute atomic E-state index is 12.5. The Balaban J connectivity index is 1.28. The van der Waals surface area contributed by atoms with Gasteiger partial charge < -0.3 is 4.90 Å². The van der Waals surface area contributed by atoms with Crippen molar-refractivity contribution >= 4 is 17.2 Å². The van der Waals surface area contributed by atoms with Gasteiger partial charge in [-0.05, 0) is 47.4 Å². The highest BCUT2D eigenvalue weighted by Gasteiger charge is 2.23. The molecule has 0 radical (unpaired) electrons. The van der Waals surface area contributed by atoms with Gasteiger partial charge in [-0.15, -0.1) is 10.2 Å². The number of aromatic nitrogens is 4. The van der Waals surface area contributed by atoms with E-state index in [0.29, 0.717) is 11.7 Å². The molecule has 1 aromatic carbocycles. The quantitative estimate of drug-likeness (QED) is 0.696. The molecular formula is C19H21N5OS. The summed E-state index contributed by atoms with van der Waals surface area (Å²) in [6, 6.07) is 12.5. The summed E-state index contributed by atoms with van der Waals surface area (Å²) in [6.45, 7) is 1.77. The molecule has 4 rings (SSSR count). The van der Waals surface area contributed by atoms with Crippen LogP contribution in [0.5, 0.6) is 0 Å². The van der Waals surface area contributed by atoms with E-state index in [1.807, 2.05) is 27.8 Å². The number of nitrogens with zero attached hydrogens (tertiary/aromatic N) is 5. The van der Waals surface area contributed by atoms with Crippen LogP contribution in [-0.2, 0) is 17.8 Å². The molecule has 0 spiro atoms. The largest absolute Gasteiger partial charge is 0.341 e. The maximum atomic E-state index is 12.5. The summed E-state index contributed by atoms with van der Waals surface area (Å²) in [5, 5.41) is 16.3. The van der Waals surface area contributed by atoms with Gasteiger partial charge in [0.25, 0.3) is 0 Å². The lowest BCUT2D eigenvalue weighted by Gasteiger charge is -2.32. The minimum atomic E-state index is 0.0671. The molecule has 3 heterocycles. The third-order valence-electron chi connectivity index (χ3n) is 4.84. The standard InChI is InChI=1S/C19H21N5OS/c25-18(13-24-21-19(20-22-24)17-8-11-26-14-17)23-9-6-16(7-10-23)12-15-4-2-1-3-5-15/h1-5,8,11,14,16H,6-7,9-10,12-13H2. The summed E-state index contributed by atoms with van der Waals surface area (Å²) in [5.41, 5.74) is 2.32. The monoisotopic (exact) mass is 367 g/mol. The molecule has 1 saturated heterocycles. The van der Waals surface area contributed by atoms with Crippen molar-refractivity contribution in [3.8, 4) is 11.4 Å². The van der Waals surface area contributed by atoms with Gasteiger partial charge in [-0.1, -0.05) is 30.3 Å². The Kier molecular flexibility index (Phi) is 5.06. The first kappa shape index (κ1) is 16.9. The van der Waals surface area contributed by atoms with Gasteiger partial charge >= 0.3 is 0 Å². The highest BCUT2D eigenvalue weighted by atomic mass is 32.1. The lowest BCUT2D eigenvalue weighted by atomic mass is 9.90. The summed E-state index contributed by atoms with van der Waals surface area (Å²) in [4.78, 5) is 15.8. The number of tetrazole rings is 1. The van der Waals surface area contributed by atoms with Crippen LogP contribution in [0.25, 0.3) is 11.4 Å². The summed E-state index contributed by atoms with van der Waals surface area (Å²) in [6.07, 6.45) is 3.19. The Hall–Kier alpha value is -2.54. The number of piperidine rings is 1. The van der Waals surface area contributed by atoms with Gasteiger partial charge in [-0.2, -0.15) is 16.1 Å². The van der Waals surface area contributed by atoms with Crippen molar-refractivity contribution in [3.63, 3.8) is 0 Å². The molecule has 26 heavy (non-hydrogen) atoms. The number of amides is 1. The van der Waals surface area contributed by atoms with Crippen LogP contribution in [0.15, 0.2) is 47.2 Å². The minimum absolute atomic E-state index is 0.0671. The number of carbonyl (C=O) groups excluding carboxylic acids is 1. The zero-order chi connectivity index (χ0) is 17.8. The molecule has 0 bridgehead atoms. The van der Waals surface area contributed by atoms with E-state index in [1.54, 1.807) is 11.3 Å². The highest BCUT2D eigenvalue weighted by molar-refractivity contribution is 7.08. The smallest absolute Gasteiger partial charge is 0.246 e. The second-order valence-electron chi connectivity index (χ2n) is 6.67. The van der Waals surface area contributed by atoms with Gasteiger partial charge in [0, 0.05) is 24.0 Å². The van der Waals surface area contributed by atoms with Crippen LogP contribution in [0.3, 0.4) is 0 Å². The average molecular weight is 367 g/mol. The first-order valence-corrected chi connectivity index (χ1v) is 9.84. The highest BCUT2D eigenvalue weighted by Crippen LogP contribution is 2.22. The van der Waals surface area contributed by atoms with Crippen LogP contribution in [0.1, 0.15) is 18.4 Å². The first-order chi connectivity index (χ1) is 12.8. The van der Waals surface area contributed by atoms with E-state index in [2.05, 4.69) is 39.7 Å². The van der Waals surface area contributed by atoms with Crippen molar-refractivity contribution < 1.29 is 4.79 Å². The zero-order valence-electron chi connectivity index (χ0n) is 14.5. The van der Waals surface area contributed by atoms with Crippen molar-refractivity contribution in [2.45, 2.75) is 25.8 Å². The Morgan fingerprint density at radius 2 is 1.96 bits per heavy atom. The molecule has 1 aliphatic heterocycles. The Labute approximate surface area is 156 Å². The zero-order valence-corrected chi connectivity index (χ0v) is 15.3. The van der Waals surface area contributed by atoms with E-state index in [1.165, 1.54) is 10.4 Å². The third kappa shape index (κ3) is 3.99. The molecule has 6 nitrogen and oxygen atoms in total. The van der Waals surface area contributed by atoms with E-state index in [0.717, 1.165) is 37.9 Å². The molecule has 0 saturated carbocycles. The van der Waals surface area contributed by atoms with Gasteiger partial charge in [-0.25, -0.2) is 0 Å². The predicted octanol–water partition coefficient (Wildman–Crippen LogP) is 2.88. The fraction of sp³-hybridized carbons (Fsp3) is 0.368. The van der Waals surface area contributed by atoms with Gasteiger partial charge in [0.05, 0.1) is 0 Å². The van der Waals surface area contributed by atoms with Crippen molar-refractivity contribution in [2.75, 3.05) is 13.1 Å². The van der Waals surface area contributed by atoms with Gasteiger partial charge in [0.1, 0.15) is 6.54 Å². The number of likely N-dealkylation sites (tertiary alicyclic amines) is 1. The van der Waals surface area contributed by atoms with E-state index >= 15 is 0 Å². The van der Waals surface area contributed by atoms with Gasteiger partial charge in [0.2, 0.25) is 11.7 Å². The topological polar surface area (TPSA) is 63.9 Å². The van der Waals surface area contributed by atoms with Crippen LogP contribution in [-0.4, -0.2) is 44.1 Å². The van der Waals surface area contributed by atoms with Crippen LogP contribution in [0.4, 0.5) is 0 Å². The average Bonchev–Trinajstić information content (AvgIpc) is 3.35.